The molecular formula is C25H32N4O3. The minimum atomic E-state index is -0.734. The van der Waals surface area contributed by atoms with Gasteiger partial charge >= 0.3 is 6.03 Å². The molecule has 0 radical (unpaired) electrons. The first-order valence-corrected chi connectivity index (χ1v) is 11.2. The van der Waals surface area contributed by atoms with Crippen LogP contribution >= 0.6 is 0 Å². The minimum Gasteiger partial charge on any atom is -0.351 e. The topological polar surface area (TPSA) is 90.5 Å². The van der Waals surface area contributed by atoms with E-state index in [0.717, 1.165) is 11.3 Å². The van der Waals surface area contributed by atoms with Crippen LogP contribution in [0.2, 0.25) is 0 Å². The summed E-state index contributed by atoms with van der Waals surface area (Å²) in [5.74, 6) is -0.155. The van der Waals surface area contributed by atoms with E-state index >= 15 is 0 Å². The summed E-state index contributed by atoms with van der Waals surface area (Å²) in [7, 11) is 0. The second kappa shape index (κ2) is 11.3. The third-order valence-electron chi connectivity index (χ3n) is 5.45. The summed E-state index contributed by atoms with van der Waals surface area (Å²) < 4.78 is 0. The number of piperidine rings is 1. The lowest BCUT2D eigenvalue weighted by atomic mass is 10.0. The van der Waals surface area contributed by atoms with Crippen molar-refractivity contribution in [3.63, 3.8) is 0 Å². The molecule has 1 fully saturated rings. The Balaban J connectivity index is 1.55. The van der Waals surface area contributed by atoms with Gasteiger partial charge in [0, 0.05) is 31.2 Å². The van der Waals surface area contributed by atoms with Gasteiger partial charge in [0.1, 0.15) is 6.04 Å². The van der Waals surface area contributed by atoms with Crippen molar-refractivity contribution in [2.75, 3.05) is 18.4 Å². The second-order valence-electron chi connectivity index (χ2n) is 8.58. The third-order valence-corrected chi connectivity index (χ3v) is 5.45. The number of anilines is 1. The first kappa shape index (κ1) is 23.3. The van der Waals surface area contributed by atoms with Crippen molar-refractivity contribution in [3.05, 3.63) is 66.2 Å². The van der Waals surface area contributed by atoms with E-state index in [4.69, 9.17) is 0 Å². The Morgan fingerprint density at radius 1 is 0.938 bits per heavy atom. The average molecular weight is 437 g/mol. The summed E-state index contributed by atoms with van der Waals surface area (Å²) in [6, 6.07) is 17.7. The van der Waals surface area contributed by atoms with Crippen molar-refractivity contribution in [2.24, 2.45) is 5.92 Å². The number of amides is 4. The lowest BCUT2D eigenvalue weighted by molar-refractivity contribution is -0.130. The van der Waals surface area contributed by atoms with Gasteiger partial charge in [0.25, 0.3) is 0 Å². The maximum Gasteiger partial charge on any atom is 0.321 e. The molecule has 1 unspecified atom stereocenters. The van der Waals surface area contributed by atoms with Crippen LogP contribution in [0.4, 0.5) is 10.5 Å². The Morgan fingerprint density at radius 2 is 1.53 bits per heavy atom. The molecule has 32 heavy (non-hydrogen) atoms. The molecule has 7 heteroatoms. The number of rotatable bonds is 7. The Labute approximate surface area is 189 Å². The van der Waals surface area contributed by atoms with Crippen LogP contribution in [0, 0.1) is 5.92 Å². The van der Waals surface area contributed by atoms with E-state index in [-0.39, 0.29) is 29.8 Å². The predicted molar refractivity (Wildman–Crippen MR) is 125 cm³/mol. The molecule has 0 aromatic heterocycles. The van der Waals surface area contributed by atoms with E-state index in [1.807, 2.05) is 74.5 Å². The third kappa shape index (κ3) is 6.83. The molecule has 4 amide bonds. The Hall–Kier alpha value is -3.35. The molecule has 1 atom stereocenters. The average Bonchev–Trinajstić information content (AvgIpc) is 2.78. The van der Waals surface area contributed by atoms with E-state index in [1.54, 1.807) is 4.90 Å². The molecule has 2 aromatic rings. The predicted octanol–water partition coefficient (Wildman–Crippen LogP) is 3.70. The van der Waals surface area contributed by atoms with Crippen LogP contribution in [0.5, 0.6) is 0 Å². The number of para-hydroxylation sites is 1. The summed E-state index contributed by atoms with van der Waals surface area (Å²) in [6.45, 7) is 5.05. The van der Waals surface area contributed by atoms with Crippen LogP contribution in [-0.4, -0.2) is 41.9 Å². The maximum atomic E-state index is 13.1. The number of benzene rings is 2. The quantitative estimate of drug-likeness (QED) is 0.618. The highest BCUT2D eigenvalue weighted by Gasteiger charge is 2.28. The van der Waals surface area contributed by atoms with Gasteiger partial charge in [-0.3, -0.25) is 9.59 Å². The van der Waals surface area contributed by atoms with Gasteiger partial charge in [0.05, 0.1) is 0 Å². The molecule has 1 aliphatic heterocycles. The lowest BCUT2D eigenvalue weighted by Gasteiger charge is -2.33. The van der Waals surface area contributed by atoms with Gasteiger partial charge in [0.2, 0.25) is 11.8 Å². The first-order valence-electron chi connectivity index (χ1n) is 11.2. The van der Waals surface area contributed by atoms with Gasteiger partial charge in [-0.05, 0) is 36.5 Å². The van der Waals surface area contributed by atoms with E-state index in [0.29, 0.717) is 32.4 Å². The molecule has 0 bridgehead atoms. The van der Waals surface area contributed by atoms with Crippen LogP contribution in [0.15, 0.2) is 60.7 Å². The van der Waals surface area contributed by atoms with Crippen LogP contribution in [0.1, 0.15) is 44.7 Å². The number of hydrogen-bond donors (Lipinski definition) is 3. The minimum absolute atomic E-state index is 0.0449. The van der Waals surface area contributed by atoms with Gasteiger partial charge in [-0.1, -0.05) is 62.4 Å². The molecule has 3 N–H and O–H groups in total. The highest BCUT2D eigenvalue weighted by atomic mass is 16.2. The molecule has 0 spiro atoms. The summed E-state index contributed by atoms with van der Waals surface area (Å²) in [5, 5.41) is 8.85. The Bertz CT molecular complexity index is 894. The second-order valence-corrected chi connectivity index (χ2v) is 8.58. The van der Waals surface area contributed by atoms with E-state index < -0.39 is 6.04 Å². The highest BCUT2D eigenvalue weighted by Crippen LogP contribution is 2.17. The molecule has 0 saturated carbocycles. The highest BCUT2D eigenvalue weighted by molar-refractivity contribution is 5.90. The van der Waals surface area contributed by atoms with Crippen LogP contribution in [-0.2, 0) is 9.59 Å². The lowest BCUT2D eigenvalue weighted by Crippen LogP contribution is -2.50. The van der Waals surface area contributed by atoms with Gasteiger partial charge in [0.15, 0.2) is 0 Å². The van der Waals surface area contributed by atoms with Gasteiger partial charge in [-0.15, -0.1) is 0 Å². The molecule has 1 saturated heterocycles. The number of likely N-dealkylation sites (tertiary alicyclic amines) is 1. The zero-order chi connectivity index (χ0) is 22.9. The molecule has 170 valence electrons. The smallest absolute Gasteiger partial charge is 0.321 e. The van der Waals surface area contributed by atoms with E-state index in [9.17, 15) is 14.4 Å². The standard InChI is InChI=1S/C25H32N4O3/c1-18(2)17-22(30)28-23(19-9-5-3-6-10-19)24(31)26-21-13-15-29(16-14-21)25(32)27-20-11-7-4-8-12-20/h3-12,18,21,23H,13-17H2,1-2H3,(H,26,31)(H,27,32)(H,28,30). The zero-order valence-electron chi connectivity index (χ0n) is 18.7. The maximum absolute atomic E-state index is 13.1. The number of carbonyl (C=O) groups is 3. The number of nitrogens with zero attached hydrogens (tertiary/aromatic N) is 1. The summed E-state index contributed by atoms with van der Waals surface area (Å²) >= 11 is 0. The number of nitrogens with one attached hydrogen (secondary N) is 3. The molecule has 0 aliphatic carbocycles. The molecular weight excluding hydrogens is 404 g/mol. The molecule has 3 rings (SSSR count). The molecule has 2 aromatic carbocycles. The van der Waals surface area contributed by atoms with Crippen molar-refractivity contribution < 1.29 is 14.4 Å². The largest absolute Gasteiger partial charge is 0.351 e. The Morgan fingerprint density at radius 3 is 2.12 bits per heavy atom. The van der Waals surface area contributed by atoms with E-state index in [1.165, 1.54) is 0 Å². The Kier molecular flexibility index (Phi) is 8.25. The van der Waals surface area contributed by atoms with Gasteiger partial charge in [-0.2, -0.15) is 0 Å². The fourth-order valence-electron chi connectivity index (χ4n) is 3.77. The van der Waals surface area contributed by atoms with E-state index in [2.05, 4.69) is 16.0 Å². The normalized spacial score (nSPS) is 15.2. The van der Waals surface area contributed by atoms with Crippen molar-refractivity contribution >= 4 is 23.5 Å². The van der Waals surface area contributed by atoms with Crippen molar-refractivity contribution in [1.29, 1.82) is 0 Å². The van der Waals surface area contributed by atoms with Crippen molar-refractivity contribution in [2.45, 2.75) is 45.2 Å². The number of hydrogen-bond acceptors (Lipinski definition) is 3. The van der Waals surface area contributed by atoms with Gasteiger partial charge < -0.3 is 20.9 Å². The number of urea groups is 1. The monoisotopic (exact) mass is 436 g/mol. The summed E-state index contributed by atoms with van der Waals surface area (Å²) in [6.07, 6.45) is 1.69. The zero-order valence-corrected chi connectivity index (χ0v) is 18.7. The fraction of sp³-hybridized carbons (Fsp3) is 0.400. The summed E-state index contributed by atoms with van der Waals surface area (Å²) in [4.78, 5) is 39.7. The molecule has 1 aliphatic rings. The van der Waals surface area contributed by atoms with Crippen LogP contribution < -0.4 is 16.0 Å². The van der Waals surface area contributed by atoms with Gasteiger partial charge in [-0.25, -0.2) is 4.79 Å². The van der Waals surface area contributed by atoms with Crippen molar-refractivity contribution in [3.8, 4) is 0 Å². The van der Waals surface area contributed by atoms with Crippen LogP contribution in [0.25, 0.3) is 0 Å². The fourth-order valence-corrected chi connectivity index (χ4v) is 3.77. The van der Waals surface area contributed by atoms with Crippen molar-refractivity contribution in [1.82, 2.24) is 15.5 Å². The number of carbonyl (C=O) groups excluding carboxylic acids is 3. The molecule has 1 heterocycles. The SMILES string of the molecule is CC(C)CC(=O)NC(C(=O)NC1CCN(C(=O)Nc2ccccc2)CC1)c1ccccc1. The first-order chi connectivity index (χ1) is 15.4. The molecule has 7 nitrogen and oxygen atoms in total. The summed E-state index contributed by atoms with van der Waals surface area (Å²) in [5.41, 5.74) is 1.51. The van der Waals surface area contributed by atoms with Crippen LogP contribution in [0.3, 0.4) is 0 Å².